The zero-order valence-corrected chi connectivity index (χ0v) is 15.9. The van der Waals surface area contributed by atoms with Gasteiger partial charge >= 0.3 is 0 Å². The zero-order valence-electron chi connectivity index (χ0n) is 15.2. The minimum Gasteiger partial charge on any atom is -0.326 e. The van der Waals surface area contributed by atoms with Gasteiger partial charge < -0.3 is 10.6 Å². The lowest BCUT2D eigenvalue weighted by Crippen LogP contribution is -2.18. The summed E-state index contributed by atoms with van der Waals surface area (Å²) >= 11 is 5.78. The van der Waals surface area contributed by atoms with E-state index in [-0.39, 0.29) is 30.0 Å². The number of hydrogen-bond acceptors (Lipinski definition) is 3. The molecule has 1 aromatic heterocycles. The minimum absolute atomic E-state index is 0.0270. The first kappa shape index (κ1) is 20.3. The van der Waals surface area contributed by atoms with Crippen LogP contribution in [0, 0.1) is 5.82 Å². The van der Waals surface area contributed by atoms with Crippen LogP contribution in [0.25, 0.3) is 5.69 Å². The third-order valence-electron chi connectivity index (χ3n) is 4.03. The first-order valence-electron chi connectivity index (χ1n) is 8.75. The van der Waals surface area contributed by atoms with Crippen LogP contribution in [0.2, 0.25) is 5.02 Å². The van der Waals surface area contributed by atoms with E-state index in [2.05, 4.69) is 10.6 Å². The van der Waals surface area contributed by atoms with Gasteiger partial charge in [-0.1, -0.05) is 17.7 Å². The number of nitrogens with zero attached hydrogens (tertiary/aromatic N) is 1. The Morgan fingerprint density at radius 1 is 0.931 bits per heavy atom. The van der Waals surface area contributed by atoms with Crippen molar-refractivity contribution in [2.24, 2.45) is 0 Å². The SMILES string of the molecule is O=C(CCC(=O)Nc1ccc(-n2ccccc2=O)cc1F)Nc1ccc(Cl)cc1. The molecule has 0 atom stereocenters. The Morgan fingerprint density at radius 3 is 2.28 bits per heavy atom. The van der Waals surface area contributed by atoms with Crippen LogP contribution in [0.3, 0.4) is 0 Å². The van der Waals surface area contributed by atoms with Crippen LogP contribution in [-0.2, 0) is 9.59 Å². The second kappa shape index (κ2) is 9.16. The quantitative estimate of drug-likeness (QED) is 0.641. The molecule has 0 aliphatic rings. The number of benzene rings is 2. The molecule has 1 heterocycles. The average molecular weight is 414 g/mol. The number of carbonyl (C=O) groups excluding carboxylic acids is 2. The van der Waals surface area contributed by atoms with Gasteiger partial charge in [0.1, 0.15) is 5.82 Å². The van der Waals surface area contributed by atoms with Crippen LogP contribution in [0.1, 0.15) is 12.8 Å². The van der Waals surface area contributed by atoms with E-state index in [0.29, 0.717) is 16.4 Å². The van der Waals surface area contributed by atoms with Crippen molar-refractivity contribution in [3.8, 4) is 5.69 Å². The van der Waals surface area contributed by atoms with E-state index in [1.807, 2.05) is 0 Å². The average Bonchev–Trinajstić information content (AvgIpc) is 2.70. The molecule has 0 fully saturated rings. The molecule has 8 heteroatoms. The molecule has 29 heavy (non-hydrogen) atoms. The molecule has 0 spiro atoms. The summed E-state index contributed by atoms with van der Waals surface area (Å²) in [5.74, 6) is -1.53. The number of nitrogens with one attached hydrogen (secondary N) is 2. The lowest BCUT2D eigenvalue weighted by molar-refractivity contribution is -0.121. The molecule has 0 saturated heterocycles. The number of pyridine rings is 1. The predicted molar refractivity (Wildman–Crippen MR) is 110 cm³/mol. The number of carbonyl (C=O) groups is 2. The monoisotopic (exact) mass is 413 g/mol. The maximum absolute atomic E-state index is 14.3. The van der Waals surface area contributed by atoms with Crippen LogP contribution in [0.4, 0.5) is 15.8 Å². The van der Waals surface area contributed by atoms with Gasteiger partial charge in [0.25, 0.3) is 5.56 Å². The fourth-order valence-electron chi connectivity index (χ4n) is 2.59. The molecule has 3 rings (SSSR count). The van der Waals surface area contributed by atoms with Crippen LogP contribution in [-0.4, -0.2) is 16.4 Å². The summed E-state index contributed by atoms with van der Waals surface area (Å²) < 4.78 is 15.6. The zero-order chi connectivity index (χ0) is 20.8. The number of anilines is 2. The van der Waals surface area contributed by atoms with Gasteiger partial charge in [0.15, 0.2) is 0 Å². The molecule has 0 bridgehead atoms. The number of halogens is 2. The molecule has 6 nitrogen and oxygen atoms in total. The van der Waals surface area contributed by atoms with Crippen molar-refractivity contribution in [1.29, 1.82) is 0 Å². The largest absolute Gasteiger partial charge is 0.326 e. The van der Waals surface area contributed by atoms with E-state index >= 15 is 0 Å². The Morgan fingerprint density at radius 2 is 1.62 bits per heavy atom. The molecule has 2 amide bonds. The van der Waals surface area contributed by atoms with Gasteiger partial charge in [-0.3, -0.25) is 19.0 Å². The molecular formula is C21H17ClFN3O3. The van der Waals surface area contributed by atoms with Crippen molar-refractivity contribution in [3.05, 3.63) is 88.1 Å². The first-order valence-corrected chi connectivity index (χ1v) is 9.13. The maximum atomic E-state index is 14.3. The second-order valence-electron chi connectivity index (χ2n) is 6.18. The summed E-state index contributed by atoms with van der Waals surface area (Å²) in [6.07, 6.45) is 1.35. The summed E-state index contributed by atoms with van der Waals surface area (Å²) in [6.45, 7) is 0. The van der Waals surface area contributed by atoms with Crippen LogP contribution < -0.4 is 16.2 Å². The Balaban J connectivity index is 1.56. The molecule has 0 saturated carbocycles. The van der Waals surface area contributed by atoms with Gasteiger partial charge in [0.05, 0.1) is 11.4 Å². The predicted octanol–water partition coefficient (Wildman–Crippen LogP) is 3.99. The highest BCUT2D eigenvalue weighted by molar-refractivity contribution is 6.30. The van der Waals surface area contributed by atoms with Crippen molar-refractivity contribution in [3.63, 3.8) is 0 Å². The fourth-order valence-corrected chi connectivity index (χ4v) is 2.72. The third kappa shape index (κ3) is 5.52. The standard InChI is InChI=1S/C21H17ClFN3O3/c22-14-4-6-15(7-5-14)24-19(27)10-11-20(28)25-18-9-8-16(13-17(18)23)26-12-2-1-3-21(26)29/h1-9,12-13H,10-11H2,(H,24,27)(H,25,28). The van der Waals surface area contributed by atoms with Gasteiger partial charge in [-0.05, 0) is 42.5 Å². The van der Waals surface area contributed by atoms with E-state index in [0.717, 1.165) is 6.07 Å². The van der Waals surface area contributed by atoms with Crippen molar-refractivity contribution in [1.82, 2.24) is 4.57 Å². The topological polar surface area (TPSA) is 80.2 Å². The summed E-state index contributed by atoms with van der Waals surface area (Å²) in [7, 11) is 0. The maximum Gasteiger partial charge on any atom is 0.255 e. The molecule has 2 N–H and O–H groups in total. The Hall–Kier alpha value is -3.45. The van der Waals surface area contributed by atoms with E-state index < -0.39 is 11.7 Å². The number of aromatic nitrogens is 1. The molecule has 0 aliphatic carbocycles. The molecular weight excluding hydrogens is 397 g/mol. The highest BCUT2D eigenvalue weighted by Crippen LogP contribution is 2.18. The van der Waals surface area contributed by atoms with E-state index in [9.17, 15) is 18.8 Å². The van der Waals surface area contributed by atoms with Crippen LogP contribution in [0.15, 0.2) is 71.7 Å². The van der Waals surface area contributed by atoms with E-state index in [4.69, 9.17) is 11.6 Å². The van der Waals surface area contributed by atoms with E-state index in [1.165, 1.54) is 29.0 Å². The van der Waals surface area contributed by atoms with Crippen molar-refractivity contribution >= 4 is 34.8 Å². The van der Waals surface area contributed by atoms with Gasteiger partial charge in [0, 0.05) is 41.9 Å². The van der Waals surface area contributed by atoms with Crippen LogP contribution >= 0.6 is 11.6 Å². The summed E-state index contributed by atoms with van der Waals surface area (Å²) in [5, 5.41) is 5.63. The van der Waals surface area contributed by atoms with Gasteiger partial charge in [-0.15, -0.1) is 0 Å². The summed E-state index contributed by atoms with van der Waals surface area (Å²) in [5.41, 5.74) is 0.585. The van der Waals surface area contributed by atoms with Crippen molar-refractivity contribution in [2.45, 2.75) is 12.8 Å². The molecule has 0 unspecified atom stereocenters. The molecule has 2 aromatic carbocycles. The normalized spacial score (nSPS) is 10.4. The van der Waals surface area contributed by atoms with Gasteiger partial charge in [-0.2, -0.15) is 0 Å². The van der Waals surface area contributed by atoms with Gasteiger partial charge in [-0.25, -0.2) is 4.39 Å². The minimum atomic E-state index is -0.683. The van der Waals surface area contributed by atoms with E-state index in [1.54, 1.807) is 36.4 Å². The highest BCUT2D eigenvalue weighted by atomic mass is 35.5. The first-order chi connectivity index (χ1) is 13.9. The summed E-state index contributed by atoms with van der Waals surface area (Å²) in [4.78, 5) is 35.8. The Kier molecular flexibility index (Phi) is 6.41. The Labute approximate surface area is 170 Å². The van der Waals surface area contributed by atoms with Crippen molar-refractivity contribution < 1.29 is 14.0 Å². The summed E-state index contributed by atoms with van der Waals surface area (Å²) in [6, 6.07) is 15.2. The number of amides is 2. The van der Waals surface area contributed by atoms with Crippen LogP contribution in [0.5, 0.6) is 0 Å². The smallest absolute Gasteiger partial charge is 0.255 e. The number of rotatable bonds is 6. The second-order valence-corrected chi connectivity index (χ2v) is 6.61. The lowest BCUT2D eigenvalue weighted by Gasteiger charge is -2.10. The lowest BCUT2D eigenvalue weighted by atomic mass is 10.2. The van der Waals surface area contributed by atoms with Crippen molar-refractivity contribution in [2.75, 3.05) is 10.6 Å². The highest BCUT2D eigenvalue weighted by Gasteiger charge is 2.11. The molecule has 0 aliphatic heterocycles. The third-order valence-corrected chi connectivity index (χ3v) is 4.29. The Bertz CT molecular complexity index is 1100. The fraction of sp³-hybridized carbons (Fsp3) is 0.0952. The molecule has 3 aromatic rings. The molecule has 0 radical (unpaired) electrons. The number of hydrogen-bond donors (Lipinski definition) is 2. The van der Waals surface area contributed by atoms with Gasteiger partial charge in [0.2, 0.25) is 11.8 Å². The molecule has 148 valence electrons.